The summed E-state index contributed by atoms with van der Waals surface area (Å²) in [7, 11) is 0. The molecule has 2 rings (SSSR count). The molecule has 0 radical (unpaired) electrons. The van der Waals surface area contributed by atoms with Crippen molar-refractivity contribution in [1.82, 2.24) is 5.32 Å². The number of benzene rings is 1. The fraction of sp³-hybridized carbons (Fsp3) is 0.625. The van der Waals surface area contributed by atoms with E-state index in [1.165, 1.54) is 43.4 Å². The van der Waals surface area contributed by atoms with Crippen molar-refractivity contribution in [3.63, 3.8) is 0 Å². The van der Waals surface area contributed by atoms with Gasteiger partial charge < -0.3 is 11.1 Å². The Morgan fingerprint density at radius 1 is 1.33 bits per heavy atom. The van der Waals surface area contributed by atoms with Crippen LogP contribution in [0.15, 0.2) is 24.3 Å². The summed E-state index contributed by atoms with van der Waals surface area (Å²) in [6.07, 6.45) is 6.11. The van der Waals surface area contributed by atoms with Crippen LogP contribution in [0.2, 0.25) is 0 Å². The highest BCUT2D eigenvalue weighted by Gasteiger charge is 2.17. The van der Waals surface area contributed by atoms with Crippen molar-refractivity contribution >= 4 is 0 Å². The standard InChI is InChI=1S/C16H26N2/c1-2-4-13-6-8-15(9-7-13)16(17)11-14-5-3-10-18-12-14/h6-9,14,16,18H,2-5,10-12,17H2,1H3. The van der Waals surface area contributed by atoms with Gasteiger partial charge in [0.1, 0.15) is 0 Å². The van der Waals surface area contributed by atoms with Gasteiger partial charge in [0.2, 0.25) is 0 Å². The lowest BCUT2D eigenvalue weighted by Gasteiger charge is -2.25. The van der Waals surface area contributed by atoms with Crippen molar-refractivity contribution in [1.29, 1.82) is 0 Å². The van der Waals surface area contributed by atoms with Gasteiger partial charge in [-0.05, 0) is 55.8 Å². The van der Waals surface area contributed by atoms with Gasteiger partial charge in [-0.15, -0.1) is 0 Å². The van der Waals surface area contributed by atoms with Gasteiger partial charge in [0.15, 0.2) is 0 Å². The highest BCUT2D eigenvalue weighted by Crippen LogP contribution is 2.23. The van der Waals surface area contributed by atoms with Gasteiger partial charge in [-0.25, -0.2) is 0 Å². The molecule has 18 heavy (non-hydrogen) atoms. The Bertz CT molecular complexity index is 339. The van der Waals surface area contributed by atoms with Crippen LogP contribution in [-0.4, -0.2) is 13.1 Å². The molecule has 0 saturated carbocycles. The van der Waals surface area contributed by atoms with Crippen molar-refractivity contribution in [2.45, 2.75) is 45.1 Å². The van der Waals surface area contributed by atoms with Crippen LogP contribution >= 0.6 is 0 Å². The number of nitrogens with one attached hydrogen (secondary N) is 1. The second kappa shape index (κ2) is 6.91. The van der Waals surface area contributed by atoms with Gasteiger partial charge in [-0.1, -0.05) is 37.6 Å². The number of hydrogen-bond acceptors (Lipinski definition) is 2. The van der Waals surface area contributed by atoms with Crippen molar-refractivity contribution in [2.75, 3.05) is 13.1 Å². The van der Waals surface area contributed by atoms with E-state index in [9.17, 15) is 0 Å². The zero-order chi connectivity index (χ0) is 12.8. The molecule has 0 bridgehead atoms. The first-order chi connectivity index (χ1) is 8.79. The molecule has 1 aromatic rings. The van der Waals surface area contributed by atoms with Crippen LogP contribution in [0.4, 0.5) is 0 Å². The Hall–Kier alpha value is -0.860. The predicted octanol–water partition coefficient (Wildman–Crippen LogP) is 3.03. The molecule has 3 N–H and O–H groups in total. The van der Waals surface area contributed by atoms with Gasteiger partial charge in [-0.3, -0.25) is 0 Å². The summed E-state index contributed by atoms with van der Waals surface area (Å²) in [5, 5.41) is 3.46. The Labute approximate surface area is 111 Å². The lowest BCUT2D eigenvalue weighted by molar-refractivity contribution is 0.337. The quantitative estimate of drug-likeness (QED) is 0.838. The van der Waals surface area contributed by atoms with Crippen LogP contribution in [0, 0.1) is 5.92 Å². The molecule has 1 fully saturated rings. The van der Waals surface area contributed by atoms with Crippen molar-refractivity contribution in [3.8, 4) is 0 Å². The summed E-state index contributed by atoms with van der Waals surface area (Å²) in [5.74, 6) is 0.754. The third-order valence-electron chi connectivity index (χ3n) is 3.93. The fourth-order valence-corrected chi connectivity index (χ4v) is 2.84. The van der Waals surface area contributed by atoms with E-state index in [1.54, 1.807) is 0 Å². The van der Waals surface area contributed by atoms with Crippen molar-refractivity contribution in [3.05, 3.63) is 35.4 Å². The van der Waals surface area contributed by atoms with E-state index >= 15 is 0 Å². The minimum absolute atomic E-state index is 0.200. The minimum Gasteiger partial charge on any atom is -0.324 e. The molecule has 0 aromatic heterocycles. The van der Waals surface area contributed by atoms with E-state index in [2.05, 4.69) is 36.5 Å². The van der Waals surface area contributed by atoms with E-state index in [0.29, 0.717) is 0 Å². The molecular formula is C16H26N2. The van der Waals surface area contributed by atoms with Crippen LogP contribution in [0.5, 0.6) is 0 Å². The van der Waals surface area contributed by atoms with Gasteiger partial charge in [0, 0.05) is 6.04 Å². The Balaban J connectivity index is 1.89. The molecule has 0 spiro atoms. The molecule has 1 aliphatic rings. The minimum atomic E-state index is 0.200. The van der Waals surface area contributed by atoms with Crippen LogP contribution in [-0.2, 0) is 6.42 Å². The summed E-state index contributed by atoms with van der Waals surface area (Å²) in [6, 6.07) is 9.10. The molecule has 2 heteroatoms. The molecule has 2 atom stereocenters. The van der Waals surface area contributed by atoms with Crippen LogP contribution in [0.25, 0.3) is 0 Å². The molecule has 2 unspecified atom stereocenters. The molecule has 0 aliphatic carbocycles. The average molecular weight is 246 g/mol. The summed E-state index contributed by atoms with van der Waals surface area (Å²) >= 11 is 0. The summed E-state index contributed by atoms with van der Waals surface area (Å²) in [5.41, 5.74) is 9.04. The van der Waals surface area contributed by atoms with Crippen molar-refractivity contribution in [2.24, 2.45) is 11.7 Å². The smallest absolute Gasteiger partial charge is 0.0297 e. The van der Waals surface area contributed by atoms with Crippen LogP contribution in [0.1, 0.15) is 49.8 Å². The van der Waals surface area contributed by atoms with E-state index < -0.39 is 0 Å². The zero-order valence-electron chi connectivity index (χ0n) is 11.5. The average Bonchev–Trinajstić information content (AvgIpc) is 2.41. The summed E-state index contributed by atoms with van der Waals surface area (Å²) in [4.78, 5) is 0. The molecule has 0 amide bonds. The first-order valence-corrected chi connectivity index (χ1v) is 7.34. The summed E-state index contributed by atoms with van der Waals surface area (Å²) < 4.78 is 0. The van der Waals surface area contributed by atoms with Crippen molar-refractivity contribution < 1.29 is 0 Å². The highest BCUT2D eigenvalue weighted by molar-refractivity contribution is 5.25. The maximum absolute atomic E-state index is 6.32. The Morgan fingerprint density at radius 3 is 2.72 bits per heavy atom. The van der Waals surface area contributed by atoms with E-state index in [1.807, 2.05) is 0 Å². The normalized spacial score (nSPS) is 21.8. The van der Waals surface area contributed by atoms with Gasteiger partial charge in [-0.2, -0.15) is 0 Å². The summed E-state index contributed by atoms with van der Waals surface area (Å²) in [6.45, 7) is 4.54. The van der Waals surface area contributed by atoms with E-state index in [-0.39, 0.29) is 6.04 Å². The van der Waals surface area contributed by atoms with Gasteiger partial charge >= 0.3 is 0 Å². The SMILES string of the molecule is CCCc1ccc(C(N)CC2CCCNC2)cc1. The number of hydrogen-bond donors (Lipinski definition) is 2. The Kier molecular flexibility index (Phi) is 5.21. The molecule has 2 nitrogen and oxygen atoms in total. The van der Waals surface area contributed by atoms with E-state index in [4.69, 9.17) is 5.73 Å². The topological polar surface area (TPSA) is 38.0 Å². The maximum Gasteiger partial charge on any atom is 0.0297 e. The predicted molar refractivity (Wildman–Crippen MR) is 77.6 cm³/mol. The molecule has 100 valence electrons. The largest absolute Gasteiger partial charge is 0.324 e. The second-order valence-electron chi connectivity index (χ2n) is 5.55. The molecule has 1 aromatic carbocycles. The first kappa shape index (κ1) is 13.6. The van der Waals surface area contributed by atoms with E-state index in [0.717, 1.165) is 18.9 Å². The molecular weight excluding hydrogens is 220 g/mol. The second-order valence-corrected chi connectivity index (χ2v) is 5.55. The number of aryl methyl sites for hydroxylation is 1. The lowest BCUT2D eigenvalue weighted by Crippen LogP contribution is -2.31. The zero-order valence-corrected chi connectivity index (χ0v) is 11.5. The first-order valence-electron chi connectivity index (χ1n) is 7.34. The monoisotopic (exact) mass is 246 g/mol. The third-order valence-corrected chi connectivity index (χ3v) is 3.93. The lowest BCUT2D eigenvalue weighted by atomic mass is 9.89. The number of nitrogens with two attached hydrogens (primary N) is 1. The van der Waals surface area contributed by atoms with Crippen LogP contribution < -0.4 is 11.1 Å². The van der Waals surface area contributed by atoms with Gasteiger partial charge in [0.05, 0.1) is 0 Å². The molecule has 1 aliphatic heterocycles. The van der Waals surface area contributed by atoms with Crippen LogP contribution in [0.3, 0.4) is 0 Å². The van der Waals surface area contributed by atoms with Gasteiger partial charge in [0.25, 0.3) is 0 Å². The number of piperidine rings is 1. The fourth-order valence-electron chi connectivity index (χ4n) is 2.84. The maximum atomic E-state index is 6.32. The highest BCUT2D eigenvalue weighted by atomic mass is 14.9. The molecule has 1 heterocycles. The third kappa shape index (κ3) is 3.82. The molecule has 1 saturated heterocycles. The number of rotatable bonds is 5. The Morgan fingerprint density at radius 2 is 2.11 bits per heavy atom.